The lowest BCUT2D eigenvalue weighted by molar-refractivity contribution is -0.146. The highest BCUT2D eigenvalue weighted by atomic mass is 16.4. The molecular formula is C15H19NO3. The molecule has 0 radical (unpaired) electrons. The highest BCUT2D eigenvalue weighted by molar-refractivity contribution is 5.97. The molecule has 1 aliphatic carbocycles. The number of aliphatic carboxylic acids is 1. The van der Waals surface area contributed by atoms with Gasteiger partial charge in [0.05, 0.1) is 0 Å². The van der Waals surface area contributed by atoms with Gasteiger partial charge in [-0.15, -0.1) is 0 Å². The van der Waals surface area contributed by atoms with Crippen LogP contribution in [0.15, 0.2) is 30.3 Å². The molecule has 1 aliphatic rings. The van der Waals surface area contributed by atoms with Gasteiger partial charge in [-0.25, -0.2) is 4.79 Å². The standard InChI is InChI=1S/C15H19NO3/c1-11-6-5-9-15(10-11,14(18)19)16-13(17)12-7-3-2-4-8-12/h2-4,7-8,11H,5-6,9-10H2,1H3,(H,16,17)(H,18,19). The number of rotatable bonds is 3. The van der Waals surface area contributed by atoms with Crippen LogP contribution in [0.25, 0.3) is 0 Å². The molecule has 2 rings (SSSR count). The van der Waals surface area contributed by atoms with Gasteiger partial charge in [0, 0.05) is 5.56 Å². The average Bonchev–Trinajstić information content (AvgIpc) is 2.39. The summed E-state index contributed by atoms with van der Waals surface area (Å²) in [5.74, 6) is -0.915. The average molecular weight is 261 g/mol. The van der Waals surface area contributed by atoms with Crippen molar-refractivity contribution in [2.24, 2.45) is 5.92 Å². The molecule has 102 valence electrons. The fraction of sp³-hybridized carbons (Fsp3) is 0.467. The highest BCUT2D eigenvalue weighted by Gasteiger charge is 2.43. The van der Waals surface area contributed by atoms with Crippen LogP contribution in [0.1, 0.15) is 43.0 Å². The second-order valence-corrected chi connectivity index (χ2v) is 5.41. The molecule has 2 N–H and O–H groups in total. The van der Waals surface area contributed by atoms with Gasteiger partial charge in [-0.1, -0.05) is 38.0 Å². The van der Waals surface area contributed by atoms with E-state index in [4.69, 9.17) is 0 Å². The summed E-state index contributed by atoms with van der Waals surface area (Å²) >= 11 is 0. The van der Waals surface area contributed by atoms with Crippen molar-refractivity contribution in [1.82, 2.24) is 5.32 Å². The van der Waals surface area contributed by atoms with E-state index in [9.17, 15) is 14.7 Å². The third kappa shape index (κ3) is 2.95. The van der Waals surface area contributed by atoms with Crippen molar-refractivity contribution in [3.05, 3.63) is 35.9 Å². The van der Waals surface area contributed by atoms with Crippen molar-refractivity contribution < 1.29 is 14.7 Å². The minimum atomic E-state index is -1.11. The Balaban J connectivity index is 2.18. The zero-order valence-electron chi connectivity index (χ0n) is 11.1. The summed E-state index contributed by atoms with van der Waals surface area (Å²) in [4.78, 5) is 23.7. The summed E-state index contributed by atoms with van der Waals surface area (Å²) in [6.45, 7) is 2.03. The van der Waals surface area contributed by atoms with Gasteiger partial charge in [0.15, 0.2) is 0 Å². The zero-order valence-corrected chi connectivity index (χ0v) is 11.1. The Labute approximate surface area is 112 Å². The number of hydrogen-bond acceptors (Lipinski definition) is 2. The van der Waals surface area contributed by atoms with Crippen LogP contribution in [0.5, 0.6) is 0 Å². The van der Waals surface area contributed by atoms with Crippen LogP contribution in [0.3, 0.4) is 0 Å². The topological polar surface area (TPSA) is 66.4 Å². The Morgan fingerprint density at radius 3 is 2.58 bits per heavy atom. The molecule has 4 nitrogen and oxygen atoms in total. The first-order valence-electron chi connectivity index (χ1n) is 6.64. The van der Waals surface area contributed by atoms with E-state index in [0.717, 1.165) is 12.8 Å². The summed E-state index contributed by atoms with van der Waals surface area (Å²) in [6, 6.07) is 8.75. The number of hydrogen-bond donors (Lipinski definition) is 2. The molecule has 0 spiro atoms. The monoisotopic (exact) mass is 261 g/mol. The van der Waals surface area contributed by atoms with Crippen LogP contribution in [0, 0.1) is 5.92 Å². The van der Waals surface area contributed by atoms with Gasteiger partial charge in [-0.05, 0) is 30.9 Å². The van der Waals surface area contributed by atoms with Gasteiger partial charge in [0.25, 0.3) is 5.91 Å². The Bertz CT molecular complexity index is 472. The first-order chi connectivity index (χ1) is 9.03. The van der Waals surface area contributed by atoms with Gasteiger partial charge >= 0.3 is 5.97 Å². The predicted molar refractivity (Wildman–Crippen MR) is 71.9 cm³/mol. The van der Waals surface area contributed by atoms with Gasteiger partial charge in [-0.3, -0.25) is 4.79 Å². The van der Waals surface area contributed by atoms with E-state index >= 15 is 0 Å². The molecule has 0 bridgehead atoms. The van der Waals surface area contributed by atoms with Gasteiger partial charge in [0.1, 0.15) is 5.54 Å². The van der Waals surface area contributed by atoms with Crippen LogP contribution in [0.2, 0.25) is 0 Å². The van der Waals surface area contributed by atoms with E-state index < -0.39 is 11.5 Å². The molecular weight excluding hydrogens is 242 g/mol. The summed E-state index contributed by atoms with van der Waals surface area (Å²) < 4.78 is 0. The lowest BCUT2D eigenvalue weighted by atomic mass is 9.76. The first kappa shape index (κ1) is 13.6. The summed E-state index contributed by atoms with van der Waals surface area (Å²) in [6.07, 6.45) is 2.87. The number of carboxylic acid groups (broad SMARTS) is 1. The molecule has 2 unspecified atom stereocenters. The van der Waals surface area contributed by atoms with E-state index in [2.05, 4.69) is 5.32 Å². The van der Waals surface area contributed by atoms with Gasteiger partial charge < -0.3 is 10.4 Å². The maximum atomic E-state index is 12.2. The number of benzene rings is 1. The largest absolute Gasteiger partial charge is 0.480 e. The minimum Gasteiger partial charge on any atom is -0.480 e. The smallest absolute Gasteiger partial charge is 0.329 e. The lowest BCUT2D eigenvalue weighted by Crippen LogP contribution is -2.56. The van der Waals surface area contributed by atoms with Crippen molar-refractivity contribution in [3.63, 3.8) is 0 Å². The van der Waals surface area contributed by atoms with E-state index in [0.29, 0.717) is 24.3 Å². The molecule has 1 aromatic carbocycles. The van der Waals surface area contributed by atoms with Crippen molar-refractivity contribution in [2.75, 3.05) is 0 Å². The summed E-state index contributed by atoms with van der Waals surface area (Å²) in [5, 5.41) is 12.2. The Morgan fingerprint density at radius 2 is 2.00 bits per heavy atom. The van der Waals surface area contributed by atoms with Crippen LogP contribution in [-0.4, -0.2) is 22.5 Å². The van der Waals surface area contributed by atoms with Crippen molar-refractivity contribution in [3.8, 4) is 0 Å². The Hall–Kier alpha value is -1.84. The molecule has 1 saturated carbocycles. The van der Waals surface area contributed by atoms with Crippen LogP contribution in [-0.2, 0) is 4.79 Å². The molecule has 1 aromatic rings. The van der Waals surface area contributed by atoms with E-state index in [1.54, 1.807) is 24.3 Å². The molecule has 0 saturated heterocycles. The van der Waals surface area contributed by atoms with E-state index in [-0.39, 0.29) is 5.91 Å². The maximum absolute atomic E-state index is 12.2. The third-order valence-corrected chi connectivity index (χ3v) is 3.80. The number of carbonyl (C=O) groups excluding carboxylic acids is 1. The normalized spacial score (nSPS) is 26.7. The number of nitrogens with one attached hydrogen (secondary N) is 1. The quantitative estimate of drug-likeness (QED) is 0.878. The number of amides is 1. The van der Waals surface area contributed by atoms with Crippen molar-refractivity contribution >= 4 is 11.9 Å². The molecule has 2 atom stereocenters. The Kier molecular flexibility index (Phi) is 3.88. The maximum Gasteiger partial charge on any atom is 0.329 e. The van der Waals surface area contributed by atoms with E-state index in [1.165, 1.54) is 0 Å². The highest BCUT2D eigenvalue weighted by Crippen LogP contribution is 2.32. The molecule has 1 fully saturated rings. The lowest BCUT2D eigenvalue weighted by Gasteiger charge is -2.37. The summed E-state index contributed by atoms with van der Waals surface area (Å²) in [7, 11) is 0. The molecule has 0 aromatic heterocycles. The number of carbonyl (C=O) groups is 2. The molecule has 4 heteroatoms. The van der Waals surface area contributed by atoms with Crippen molar-refractivity contribution in [2.45, 2.75) is 38.1 Å². The Morgan fingerprint density at radius 1 is 1.32 bits per heavy atom. The second-order valence-electron chi connectivity index (χ2n) is 5.41. The summed E-state index contributed by atoms with van der Waals surface area (Å²) in [5.41, 5.74) is -0.605. The molecule has 1 amide bonds. The van der Waals surface area contributed by atoms with Crippen LogP contribution >= 0.6 is 0 Å². The van der Waals surface area contributed by atoms with E-state index in [1.807, 2.05) is 13.0 Å². The zero-order chi connectivity index (χ0) is 13.9. The SMILES string of the molecule is CC1CCCC(NC(=O)c2ccccc2)(C(=O)O)C1. The fourth-order valence-corrected chi connectivity index (χ4v) is 2.79. The predicted octanol–water partition coefficient (Wildman–Crippen LogP) is 2.45. The first-order valence-corrected chi connectivity index (χ1v) is 6.64. The van der Waals surface area contributed by atoms with Crippen LogP contribution in [0.4, 0.5) is 0 Å². The van der Waals surface area contributed by atoms with Gasteiger partial charge in [0.2, 0.25) is 0 Å². The third-order valence-electron chi connectivity index (χ3n) is 3.80. The number of carboxylic acids is 1. The molecule has 0 aliphatic heterocycles. The fourth-order valence-electron chi connectivity index (χ4n) is 2.79. The van der Waals surface area contributed by atoms with Gasteiger partial charge in [-0.2, -0.15) is 0 Å². The minimum absolute atomic E-state index is 0.308. The second kappa shape index (κ2) is 5.43. The molecule has 19 heavy (non-hydrogen) atoms. The van der Waals surface area contributed by atoms with Crippen molar-refractivity contribution in [1.29, 1.82) is 0 Å². The molecule has 0 heterocycles. The van der Waals surface area contributed by atoms with Crippen LogP contribution < -0.4 is 5.32 Å².